The predicted molar refractivity (Wildman–Crippen MR) is 217 cm³/mol. The molecule has 8 aromatic carbocycles. The quantitative estimate of drug-likeness (QED) is 0.176. The Morgan fingerprint density at radius 1 is 0.283 bits per heavy atom. The van der Waals surface area contributed by atoms with Gasteiger partial charge < -0.3 is 4.42 Å². The summed E-state index contributed by atoms with van der Waals surface area (Å²) < 4.78 is 6.44. The summed E-state index contributed by atoms with van der Waals surface area (Å²) in [4.78, 5) is 15.4. The molecule has 0 atom stereocenters. The fraction of sp³-hybridized carbons (Fsp3) is 0. The van der Waals surface area contributed by atoms with Crippen molar-refractivity contribution in [3.05, 3.63) is 188 Å². The Labute approximate surface area is 306 Å². The number of nitrogens with zero attached hydrogens (tertiary/aromatic N) is 3. The average molecular weight is 678 g/mol. The van der Waals surface area contributed by atoms with Gasteiger partial charge in [-0.15, -0.1) is 0 Å². The van der Waals surface area contributed by atoms with Gasteiger partial charge in [0, 0.05) is 21.9 Å². The SMILES string of the molecule is c1ccc(-c2ccccc2-c2nc(-c3ccc(-c4ccc(-c5cccc6ccccc56)cc4)cc3)nc(-c3cccc4c3oc3ccccc34)n2)cc1. The van der Waals surface area contributed by atoms with E-state index in [1.54, 1.807) is 0 Å². The van der Waals surface area contributed by atoms with E-state index < -0.39 is 0 Å². The second-order valence-corrected chi connectivity index (χ2v) is 13.2. The van der Waals surface area contributed by atoms with Crippen LogP contribution in [0.2, 0.25) is 0 Å². The molecule has 0 aliphatic rings. The number of aromatic nitrogens is 3. The third-order valence-electron chi connectivity index (χ3n) is 10.00. The molecule has 0 aliphatic heterocycles. The summed E-state index contributed by atoms with van der Waals surface area (Å²) in [5.41, 5.74) is 11.1. The van der Waals surface area contributed by atoms with Gasteiger partial charge in [0.15, 0.2) is 17.5 Å². The van der Waals surface area contributed by atoms with Gasteiger partial charge in [0.25, 0.3) is 0 Å². The maximum Gasteiger partial charge on any atom is 0.167 e. The van der Waals surface area contributed by atoms with Crippen LogP contribution in [0.25, 0.3) is 100 Å². The number of rotatable bonds is 6. The molecule has 0 amide bonds. The topological polar surface area (TPSA) is 51.8 Å². The summed E-state index contributed by atoms with van der Waals surface area (Å²) in [7, 11) is 0. The van der Waals surface area contributed by atoms with Crippen LogP contribution in [-0.4, -0.2) is 15.0 Å². The Bertz CT molecular complexity index is 2920. The zero-order chi connectivity index (χ0) is 35.1. The van der Waals surface area contributed by atoms with Gasteiger partial charge in [0.05, 0.1) is 5.56 Å². The summed E-state index contributed by atoms with van der Waals surface area (Å²) in [6.45, 7) is 0. The third kappa shape index (κ3) is 5.54. The van der Waals surface area contributed by atoms with Crippen molar-refractivity contribution < 1.29 is 4.42 Å². The molecule has 0 radical (unpaired) electrons. The lowest BCUT2D eigenvalue weighted by Gasteiger charge is -2.12. The lowest BCUT2D eigenvalue weighted by molar-refractivity contribution is 0.669. The molecule has 2 aromatic heterocycles. The van der Waals surface area contributed by atoms with Crippen LogP contribution in [0.4, 0.5) is 0 Å². The molecule has 0 N–H and O–H groups in total. The molecule has 4 heteroatoms. The largest absolute Gasteiger partial charge is 0.455 e. The standard InChI is InChI=1S/C49H31N3O/c1-2-12-34(13-3-1)40-17-6-7-19-43(40)48-50-47(51-49(52-48)44-22-11-21-42-41-18-8-9-23-45(41)53-46(42)44)37-30-26-33(27-31-37)32-24-28-36(29-25-32)39-20-10-15-35-14-4-5-16-38(35)39/h1-31H. The van der Waals surface area contributed by atoms with E-state index in [0.29, 0.717) is 17.5 Å². The highest BCUT2D eigenvalue weighted by Crippen LogP contribution is 2.38. The van der Waals surface area contributed by atoms with Crippen molar-refractivity contribution in [3.63, 3.8) is 0 Å². The van der Waals surface area contributed by atoms with Crippen LogP contribution < -0.4 is 0 Å². The number of furan rings is 1. The Hall–Kier alpha value is -7.17. The maximum absolute atomic E-state index is 6.44. The molecule has 4 nitrogen and oxygen atoms in total. The molecule has 10 aromatic rings. The van der Waals surface area contributed by atoms with E-state index in [-0.39, 0.29) is 0 Å². The number of hydrogen-bond acceptors (Lipinski definition) is 4. The predicted octanol–water partition coefficient (Wildman–Crippen LogP) is 12.9. The Morgan fingerprint density at radius 2 is 0.774 bits per heavy atom. The van der Waals surface area contributed by atoms with Crippen LogP contribution >= 0.6 is 0 Å². The molecule has 0 unspecified atom stereocenters. The van der Waals surface area contributed by atoms with Gasteiger partial charge >= 0.3 is 0 Å². The van der Waals surface area contributed by atoms with E-state index in [9.17, 15) is 0 Å². The lowest BCUT2D eigenvalue weighted by Crippen LogP contribution is -2.01. The normalized spacial score (nSPS) is 11.4. The van der Waals surface area contributed by atoms with Gasteiger partial charge in [-0.3, -0.25) is 0 Å². The van der Waals surface area contributed by atoms with Crippen molar-refractivity contribution in [2.24, 2.45) is 0 Å². The van der Waals surface area contributed by atoms with Crippen LogP contribution in [0.3, 0.4) is 0 Å². The van der Waals surface area contributed by atoms with E-state index in [1.165, 1.54) is 21.9 Å². The molecular formula is C49H31N3O. The van der Waals surface area contributed by atoms with Gasteiger partial charge in [-0.25, -0.2) is 15.0 Å². The van der Waals surface area contributed by atoms with E-state index in [1.807, 2.05) is 42.5 Å². The first-order chi connectivity index (χ1) is 26.3. The van der Waals surface area contributed by atoms with Crippen LogP contribution in [-0.2, 0) is 0 Å². The van der Waals surface area contributed by atoms with Gasteiger partial charge in [0.1, 0.15) is 11.2 Å². The molecular weight excluding hydrogens is 647 g/mol. The molecule has 2 heterocycles. The molecule has 10 rings (SSSR count). The van der Waals surface area contributed by atoms with E-state index in [4.69, 9.17) is 19.4 Å². The van der Waals surface area contributed by atoms with Gasteiger partial charge in [0.2, 0.25) is 0 Å². The Morgan fingerprint density at radius 3 is 1.57 bits per heavy atom. The van der Waals surface area contributed by atoms with Crippen molar-refractivity contribution in [1.82, 2.24) is 15.0 Å². The molecule has 0 saturated carbocycles. The molecule has 0 bridgehead atoms. The van der Waals surface area contributed by atoms with Crippen molar-refractivity contribution in [2.75, 3.05) is 0 Å². The zero-order valence-corrected chi connectivity index (χ0v) is 28.6. The monoisotopic (exact) mass is 677 g/mol. The first-order valence-electron chi connectivity index (χ1n) is 17.8. The summed E-state index contributed by atoms with van der Waals surface area (Å²) in [5, 5.41) is 4.59. The molecule has 248 valence electrons. The average Bonchev–Trinajstić information content (AvgIpc) is 3.63. The van der Waals surface area contributed by atoms with Crippen molar-refractivity contribution in [1.29, 1.82) is 0 Å². The summed E-state index contributed by atoms with van der Waals surface area (Å²) in [5.74, 6) is 1.76. The van der Waals surface area contributed by atoms with Crippen LogP contribution in [0.1, 0.15) is 0 Å². The van der Waals surface area contributed by atoms with Crippen molar-refractivity contribution >= 4 is 32.7 Å². The minimum absolute atomic E-state index is 0.561. The molecule has 53 heavy (non-hydrogen) atoms. The highest BCUT2D eigenvalue weighted by Gasteiger charge is 2.19. The number of hydrogen-bond donors (Lipinski definition) is 0. The number of benzene rings is 8. The third-order valence-corrected chi connectivity index (χ3v) is 10.00. The van der Waals surface area contributed by atoms with Crippen LogP contribution in [0.15, 0.2) is 192 Å². The van der Waals surface area contributed by atoms with Crippen molar-refractivity contribution in [2.45, 2.75) is 0 Å². The molecule has 0 fully saturated rings. The fourth-order valence-electron chi connectivity index (χ4n) is 7.35. The summed E-state index contributed by atoms with van der Waals surface area (Å²) in [6, 6.07) is 65.2. The number of para-hydroxylation sites is 2. The first-order valence-corrected chi connectivity index (χ1v) is 17.8. The first kappa shape index (κ1) is 30.6. The fourth-order valence-corrected chi connectivity index (χ4v) is 7.35. The second kappa shape index (κ2) is 12.9. The highest BCUT2D eigenvalue weighted by atomic mass is 16.3. The van der Waals surface area contributed by atoms with Crippen molar-refractivity contribution in [3.8, 4) is 67.5 Å². The summed E-state index contributed by atoms with van der Waals surface area (Å²) >= 11 is 0. The lowest BCUT2D eigenvalue weighted by atomic mass is 9.96. The van der Waals surface area contributed by atoms with Gasteiger partial charge in [-0.2, -0.15) is 0 Å². The van der Waals surface area contributed by atoms with Gasteiger partial charge in [-0.05, 0) is 56.3 Å². The van der Waals surface area contributed by atoms with E-state index in [0.717, 1.165) is 60.9 Å². The summed E-state index contributed by atoms with van der Waals surface area (Å²) in [6.07, 6.45) is 0. The van der Waals surface area contributed by atoms with Crippen LogP contribution in [0.5, 0.6) is 0 Å². The maximum atomic E-state index is 6.44. The second-order valence-electron chi connectivity index (χ2n) is 13.2. The molecule has 0 spiro atoms. The van der Waals surface area contributed by atoms with Crippen LogP contribution in [0, 0.1) is 0 Å². The minimum Gasteiger partial charge on any atom is -0.455 e. The number of fused-ring (bicyclic) bond motifs is 4. The van der Waals surface area contributed by atoms with E-state index in [2.05, 4.69) is 146 Å². The zero-order valence-electron chi connectivity index (χ0n) is 28.6. The smallest absolute Gasteiger partial charge is 0.167 e. The molecule has 0 saturated heterocycles. The Balaban J connectivity index is 1.07. The Kier molecular flexibility index (Phi) is 7.43. The van der Waals surface area contributed by atoms with Gasteiger partial charge in [-0.1, -0.05) is 176 Å². The molecule has 0 aliphatic carbocycles. The highest BCUT2D eigenvalue weighted by molar-refractivity contribution is 6.09. The van der Waals surface area contributed by atoms with E-state index >= 15 is 0 Å². The minimum atomic E-state index is 0.561.